The van der Waals surface area contributed by atoms with E-state index in [1.54, 1.807) is 29.2 Å². The molecule has 1 atom stereocenters. The Hall–Kier alpha value is -3.18. The Morgan fingerprint density at radius 3 is 2.29 bits per heavy atom. The molecule has 3 aromatic rings. The van der Waals surface area contributed by atoms with Crippen LogP contribution in [0.2, 0.25) is 0 Å². The average molecular weight is 375 g/mol. The fraction of sp³-hybridized carbons (Fsp3) is 0.217. The van der Waals surface area contributed by atoms with Gasteiger partial charge < -0.3 is 14.4 Å². The molecule has 0 N–H and O–H groups in total. The molecule has 0 spiro atoms. The fourth-order valence-electron chi connectivity index (χ4n) is 3.33. The van der Waals surface area contributed by atoms with Crippen LogP contribution in [0.25, 0.3) is 10.8 Å². The Morgan fingerprint density at radius 2 is 1.54 bits per heavy atom. The number of hydrogen-bond donors (Lipinski definition) is 0. The molecule has 0 unspecified atom stereocenters. The molecule has 5 heteroatoms. The number of morpholine rings is 1. The van der Waals surface area contributed by atoms with Crippen LogP contribution in [0, 0.1) is 0 Å². The lowest BCUT2D eigenvalue weighted by Crippen LogP contribution is -2.44. The summed E-state index contributed by atoms with van der Waals surface area (Å²) in [6.45, 7) is 1.98. The van der Waals surface area contributed by atoms with Crippen molar-refractivity contribution in [2.75, 3.05) is 26.3 Å². The number of carbonyl (C=O) groups excluding carboxylic acids is 2. The molecule has 0 aliphatic carbocycles. The van der Waals surface area contributed by atoms with Crippen molar-refractivity contribution in [3.8, 4) is 0 Å². The topological polar surface area (TPSA) is 55.8 Å². The van der Waals surface area contributed by atoms with Crippen molar-refractivity contribution in [3.63, 3.8) is 0 Å². The molecule has 0 radical (unpaired) electrons. The zero-order valence-electron chi connectivity index (χ0n) is 15.4. The lowest BCUT2D eigenvalue weighted by atomic mass is 10.1. The van der Waals surface area contributed by atoms with Crippen LogP contribution >= 0.6 is 0 Å². The lowest BCUT2D eigenvalue weighted by Gasteiger charge is -2.30. The van der Waals surface area contributed by atoms with Crippen LogP contribution in [-0.2, 0) is 14.3 Å². The van der Waals surface area contributed by atoms with E-state index in [-0.39, 0.29) is 5.91 Å². The normalized spacial score (nSPS) is 15.2. The van der Waals surface area contributed by atoms with Gasteiger partial charge in [0, 0.05) is 18.7 Å². The van der Waals surface area contributed by atoms with E-state index in [1.807, 2.05) is 48.5 Å². The van der Waals surface area contributed by atoms with E-state index in [1.165, 1.54) is 0 Å². The van der Waals surface area contributed by atoms with Crippen LogP contribution in [0.4, 0.5) is 0 Å². The molecule has 4 rings (SSSR count). The summed E-state index contributed by atoms with van der Waals surface area (Å²) < 4.78 is 11.0. The first-order chi connectivity index (χ1) is 13.7. The second-order valence-corrected chi connectivity index (χ2v) is 6.70. The van der Waals surface area contributed by atoms with Gasteiger partial charge in [0.1, 0.15) is 0 Å². The third-order valence-electron chi connectivity index (χ3n) is 4.86. The first-order valence-electron chi connectivity index (χ1n) is 9.33. The van der Waals surface area contributed by atoms with Crippen LogP contribution < -0.4 is 0 Å². The molecule has 1 saturated heterocycles. The molecule has 28 heavy (non-hydrogen) atoms. The number of esters is 1. The van der Waals surface area contributed by atoms with E-state index in [4.69, 9.17) is 9.47 Å². The summed E-state index contributed by atoms with van der Waals surface area (Å²) in [7, 11) is 0. The quantitative estimate of drug-likeness (QED) is 0.654. The van der Waals surface area contributed by atoms with E-state index in [2.05, 4.69) is 0 Å². The Labute approximate surface area is 163 Å². The molecule has 0 bridgehead atoms. The maximum Gasteiger partial charge on any atom is 0.339 e. The van der Waals surface area contributed by atoms with Gasteiger partial charge in [0.05, 0.1) is 18.8 Å². The Morgan fingerprint density at radius 1 is 0.857 bits per heavy atom. The monoisotopic (exact) mass is 375 g/mol. The van der Waals surface area contributed by atoms with Crippen molar-refractivity contribution < 1.29 is 19.1 Å². The van der Waals surface area contributed by atoms with E-state index in [0.29, 0.717) is 37.4 Å². The van der Waals surface area contributed by atoms with E-state index in [9.17, 15) is 9.59 Å². The summed E-state index contributed by atoms with van der Waals surface area (Å²) in [5.74, 6) is -0.732. The maximum atomic E-state index is 13.1. The summed E-state index contributed by atoms with van der Waals surface area (Å²) in [6, 6.07) is 22.3. The van der Waals surface area contributed by atoms with E-state index >= 15 is 0 Å². The van der Waals surface area contributed by atoms with Crippen molar-refractivity contribution in [1.82, 2.24) is 4.90 Å². The van der Waals surface area contributed by atoms with Gasteiger partial charge in [0.25, 0.3) is 5.91 Å². The fourth-order valence-corrected chi connectivity index (χ4v) is 3.33. The summed E-state index contributed by atoms with van der Waals surface area (Å²) in [4.78, 5) is 27.6. The Bertz CT molecular complexity index is 980. The lowest BCUT2D eigenvalue weighted by molar-refractivity contribution is -0.145. The highest BCUT2D eigenvalue weighted by Crippen LogP contribution is 2.24. The maximum absolute atomic E-state index is 13.1. The van der Waals surface area contributed by atoms with Crippen LogP contribution in [0.1, 0.15) is 22.0 Å². The average Bonchev–Trinajstić information content (AvgIpc) is 2.77. The highest BCUT2D eigenvalue weighted by molar-refractivity contribution is 5.97. The second-order valence-electron chi connectivity index (χ2n) is 6.70. The van der Waals surface area contributed by atoms with Gasteiger partial charge in [-0.25, -0.2) is 4.79 Å². The van der Waals surface area contributed by atoms with Gasteiger partial charge in [-0.1, -0.05) is 60.7 Å². The van der Waals surface area contributed by atoms with Crippen molar-refractivity contribution in [2.24, 2.45) is 0 Å². The van der Waals surface area contributed by atoms with Gasteiger partial charge in [0.2, 0.25) is 6.10 Å². The van der Waals surface area contributed by atoms with E-state index < -0.39 is 12.1 Å². The number of ether oxygens (including phenoxy) is 2. The predicted octanol–water partition coefficient (Wildman–Crippen LogP) is 3.60. The molecule has 1 aliphatic heterocycles. The number of rotatable bonds is 4. The predicted molar refractivity (Wildman–Crippen MR) is 106 cm³/mol. The number of carbonyl (C=O) groups is 2. The number of amides is 1. The number of nitrogens with zero attached hydrogens (tertiary/aromatic N) is 1. The number of benzene rings is 3. The number of fused-ring (bicyclic) bond motifs is 1. The second kappa shape index (κ2) is 8.23. The molecule has 1 amide bonds. The third kappa shape index (κ3) is 3.89. The first kappa shape index (κ1) is 18.2. The third-order valence-corrected chi connectivity index (χ3v) is 4.86. The number of hydrogen-bond acceptors (Lipinski definition) is 4. The van der Waals surface area contributed by atoms with Crippen molar-refractivity contribution in [1.29, 1.82) is 0 Å². The van der Waals surface area contributed by atoms with Crippen LogP contribution in [-0.4, -0.2) is 43.1 Å². The molecule has 142 valence electrons. The van der Waals surface area contributed by atoms with Crippen LogP contribution in [0.3, 0.4) is 0 Å². The first-order valence-corrected chi connectivity index (χ1v) is 9.33. The van der Waals surface area contributed by atoms with Gasteiger partial charge in [-0.05, 0) is 22.9 Å². The zero-order chi connectivity index (χ0) is 19.3. The van der Waals surface area contributed by atoms with Crippen molar-refractivity contribution in [3.05, 3.63) is 83.9 Å². The largest absolute Gasteiger partial charge is 0.444 e. The summed E-state index contributed by atoms with van der Waals surface area (Å²) in [6.07, 6.45) is -0.974. The van der Waals surface area contributed by atoms with Crippen LogP contribution in [0.15, 0.2) is 72.8 Å². The molecule has 1 heterocycles. The molecule has 0 aromatic heterocycles. The van der Waals surface area contributed by atoms with Gasteiger partial charge >= 0.3 is 5.97 Å². The van der Waals surface area contributed by atoms with Gasteiger partial charge in [-0.15, -0.1) is 0 Å². The van der Waals surface area contributed by atoms with E-state index in [0.717, 1.165) is 10.8 Å². The smallest absolute Gasteiger partial charge is 0.339 e. The minimum Gasteiger partial charge on any atom is -0.444 e. The van der Waals surface area contributed by atoms with Gasteiger partial charge in [0.15, 0.2) is 0 Å². The SMILES string of the molecule is O=C(O[C@@H](C(=O)N1CCOCC1)c1ccccc1)c1ccc2ccccc2c1. The Kier molecular flexibility index (Phi) is 5.35. The molecule has 0 saturated carbocycles. The van der Waals surface area contributed by atoms with Crippen molar-refractivity contribution in [2.45, 2.75) is 6.10 Å². The zero-order valence-corrected chi connectivity index (χ0v) is 15.4. The van der Waals surface area contributed by atoms with Gasteiger partial charge in [-0.3, -0.25) is 4.79 Å². The minimum absolute atomic E-state index is 0.219. The molecule has 1 fully saturated rings. The van der Waals surface area contributed by atoms with Crippen molar-refractivity contribution >= 4 is 22.6 Å². The van der Waals surface area contributed by atoms with Crippen LogP contribution in [0.5, 0.6) is 0 Å². The summed E-state index contributed by atoms with van der Waals surface area (Å²) in [5, 5.41) is 2.00. The molecular formula is C23H21NO4. The Balaban J connectivity index is 1.60. The standard InChI is InChI=1S/C23H21NO4/c25-22(24-12-14-27-15-13-24)21(18-7-2-1-3-8-18)28-23(26)20-11-10-17-6-4-5-9-19(17)16-20/h1-11,16,21H,12-15H2/t21-/m1/s1. The molecule has 1 aliphatic rings. The summed E-state index contributed by atoms with van der Waals surface area (Å²) >= 11 is 0. The molecule has 5 nitrogen and oxygen atoms in total. The highest BCUT2D eigenvalue weighted by Gasteiger charge is 2.30. The van der Waals surface area contributed by atoms with Gasteiger partial charge in [-0.2, -0.15) is 0 Å². The summed E-state index contributed by atoms with van der Waals surface area (Å²) in [5.41, 5.74) is 1.09. The molecular weight excluding hydrogens is 354 g/mol. The minimum atomic E-state index is -0.974. The highest BCUT2D eigenvalue weighted by atomic mass is 16.5. The molecule has 3 aromatic carbocycles.